The summed E-state index contributed by atoms with van der Waals surface area (Å²) in [7, 11) is 0. The molecule has 0 unspecified atom stereocenters. The summed E-state index contributed by atoms with van der Waals surface area (Å²) in [5.41, 5.74) is 1.07. The predicted octanol–water partition coefficient (Wildman–Crippen LogP) is 3.89. The predicted molar refractivity (Wildman–Crippen MR) is 82.1 cm³/mol. The Hall–Kier alpha value is -1.88. The molecule has 0 aliphatic carbocycles. The third-order valence-corrected chi connectivity index (χ3v) is 3.20. The molecule has 0 aliphatic rings. The minimum absolute atomic E-state index is 0.250. The van der Waals surface area contributed by atoms with Crippen LogP contribution in [0.3, 0.4) is 0 Å². The number of hydrogen-bond acceptors (Lipinski definition) is 3. The first-order valence-electron chi connectivity index (χ1n) is 6.35. The molecule has 2 aromatic rings. The van der Waals surface area contributed by atoms with Crippen LogP contribution in [0.1, 0.15) is 23.8 Å². The third kappa shape index (κ3) is 3.81. The highest BCUT2D eigenvalue weighted by atomic mass is 79.9. The van der Waals surface area contributed by atoms with Crippen LogP contribution in [0.4, 0.5) is 5.69 Å². The standard InChI is InChI=1S/C15H15BrN2O2/c1-2-10-20-12-7-5-11(6-8-12)18-15(19)14-13(16)4-3-9-17-14/h3-9H,2,10H2,1H3,(H,18,19). The van der Waals surface area contributed by atoms with E-state index in [2.05, 4.69) is 33.2 Å². The fourth-order valence-electron chi connectivity index (χ4n) is 1.60. The average Bonchev–Trinajstić information content (AvgIpc) is 2.47. The summed E-state index contributed by atoms with van der Waals surface area (Å²) in [6, 6.07) is 10.8. The van der Waals surface area contributed by atoms with Gasteiger partial charge >= 0.3 is 0 Å². The van der Waals surface area contributed by atoms with Gasteiger partial charge in [-0.3, -0.25) is 4.79 Å². The van der Waals surface area contributed by atoms with E-state index in [1.165, 1.54) is 0 Å². The topological polar surface area (TPSA) is 51.2 Å². The molecule has 2 rings (SSSR count). The highest BCUT2D eigenvalue weighted by molar-refractivity contribution is 9.10. The van der Waals surface area contributed by atoms with Crippen LogP contribution >= 0.6 is 15.9 Å². The summed E-state index contributed by atoms with van der Waals surface area (Å²) in [6.45, 7) is 2.74. The molecule has 1 aromatic heterocycles. The first-order valence-corrected chi connectivity index (χ1v) is 7.14. The molecule has 0 saturated heterocycles. The van der Waals surface area contributed by atoms with Gasteiger partial charge in [0, 0.05) is 16.4 Å². The van der Waals surface area contributed by atoms with E-state index in [4.69, 9.17) is 4.74 Å². The molecule has 4 nitrogen and oxygen atoms in total. The number of nitrogens with zero attached hydrogens (tertiary/aromatic N) is 1. The largest absolute Gasteiger partial charge is 0.494 e. The first-order chi connectivity index (χ1) is 9.70. The van der Waals surface area contributed by atoms with Crippen molar-refractivity contribution in [1.82, 2.24) is 4.98 Å². The van der Waals surface area contributed by atoms with E-state index in [1.54, 1.807) is 30.5 Å². The first kappa shape index (κ1) is 14.5. The van der Waals surface area contributed by atoms with Gasteiger partial charge in [0.25, 0.3) is 5.91 Å². The molecule has 0 atom stereocenters. The number of anilines is 1. The minimum Gasteiger partial charge on any atom is -0.494 e. The second-order valence-electron chi connectivity index (χ2n) is 4.16. The van der Waals surface area contributed by atoms with Gasteiger partial charge in [0.05, 0.1) is 6.61 Å². The second kappa shape index (κ2) is 7.05. The smallest absolute Gasteiger partial charge is 0.275 e. The maximum absolute atomic E-state index is 12.1. The van der Waals surface area contributed by atoms with Crippen LogP contribution in [-0.2, 0) is 0 Å². The molecule has 1 heterocycles. The minimum atomic E-state index is -0.250. The Bertz CT molecular complexity index is 585. The van der Waals surface area contributed by atoms with Crippen LogP contribution in [0.2, 0.25) is 0 Å². The van der Waals surface area contributed by atoms with Gasteiger partial charge < -0.3 is 10.1 Å². The monoisotopic (exact) mass is 334 g/mol. The zero-order chi connectivity index (χ0) is 14.4. The van der Waals surface area contributed by atoms with E-state index >= 15 is 0 Å². The number of benzene rings is 1. The summed E-state index contributed by atoms with van der Waals surface area (Å²) in [4.78, 5) is 16.1. The van der Waals surface area contributed by atoms with Crippen molar-refractivity contribution < 1.29 is 9.53 Å². The number of halogens is 1. The van der Waals surface area contributed by atoms with Crippen LogP contribution in [0.5, 0.6) is 5.75 Å². The molecular weight excluding hydrogens is 320 g/mol. The summed E-state index contributed by atoms with van der Waals surface area (Å²) in [5, 5.41) is 2.80. The van der Waals surface area contributed by atoms with E-state index in [-0.39, 0.29) is 5.91 Å². The molecule has 0 fully saturated rings. The normalized spacial score (nSPS) is 10.1. The summed E-state index contributed by atoms with van der Waals surface area (Å²) in [6.07, 6.45) is 2.55. The third-order valence-electron chi connectivity index (χ3n) is 2.56. The Morgan fingerprint density at radius 2 is 2.05 bits per heavy atom. The zero-order valence-corrected chi connectivity index (χ0v) is 12.7. The van der Waals surface area contributed by atoms with Crippen molar-refractivity contribution >= 4 is 27.5 Å². The van der Waals surface area contributed by atoms with Gasteiger partial charge in [-0.15, -0.1) is 0 Å². The van der Waals surface area contributed by atoms with E-state index in [9.17, 15) is 4.79 Å². The number of hydrogen-bond donors (Lipinski definition) is 1. The molecule has 104 valence electrons. The molecule has 5 heteroatoms. The quantitative estimate of drug-likeness (QED) is 0.902. The van der Waals surface area contributed by atoms with Crippen molar-refractivity contribution in [3.8, 4) is 5.75 Å². The van der Waals surface area contributed by atoms with Crippen molar-refractivity contribution in [2.75, 3.05) is 11.9 Å². The average molecular weight is 335 g/mol. The van der Waals surface area contributed by atoms with Gasteiger partial charge in [-0.25, -0.2) is 4.98 Å². The van der Waals surface area contributed by atoms with Gasteiger partial charge in [0.1, 0.15) is 11.4 Å². The number of amides is 1. The highest BCUT2D eigenvalue weighted by Gasteiger charge is 2.11. The lowest BCUT2D eigenvalue weighted by Crippen LogP contribution is -2.14. The Morgan fingerprint density at radius 1 is 1.30 bits per heavy atom. The highest BCUT2D eigenvalue weighted by Crippen LogP contribution is 2.18. The van der Waals surface area contributed by atoms with Crippen LogP contribution in [0.25, 0.3) is 0 Å². The van der Waals surface area contributed by atoms with Crippen molar-refractivity contribution in [2.24, 2.45) is 0 Å². The fourth-order valence-corrected chi connectivity index (χ4v) is 2.03. The second-order valence-corrected chi connectivity index (χ2v) is 5.02. The molecule has 1 amide bonds. The van der Waals surface area contributed by atoms with Crippen molar-refractivity contribution in [3.05, 3.63) is 52.8 Å². The Morgan fingerprint density at radius 3 is 2.70 bits per heavy atom. The van der Waals surface area contributed by atoms with Crippen LogP contribution in [-0.4, -0.2) is 17.5 Å². The van der Waals surface area contributed by atoms with E-state index < -0.39 is 0 Å². The van der Waals surface area contributed by atoms with Crippen LogP contribution in [0, 0.1) is 0 Å². The van der Waals surface area contributed by atoms with Crippen molar-refractivity contribution in [2.45, 2.75) is 13.3 Å². The van der Waals surface area contributed by atoms with E-state index in [1.807, 2.05) is 12.1 Å². The van der Waals surface area contributed by atoms with Gasteiger partial charge in [-0.05, 0) is 58.7 Å². The molecule has 1 N–H and O–H groups in total. The lowest BCUT2D eigenvalue weighted by Gasteiger charge is -2.08. The summed E-state index contributed by atoms with van der Waals surface area (Å²) in [5.74, 6) is 0.545. The number of carbonyl (C=O) groups excluding carboxylic acids is 1. The Kier molecular flexibility index (Phi) is 5.12. The number of carbonyl (C=O) groups is 1. The Labute approximate surface area is 126 Å². The lowest BCUT2D eigenvalue weighted by atomic mass is 10.2. The molecule has 0 aliphatic heterocycles. The lowest BCUT2D eigenvalue weighted by molar-refractivity contribution is 0.102. The maximum atomic E-state index is 12.1. The molecule has 0 radical (unpaired) electrons. The van der Waals surface area contributed by atoms with Crippen molar-refractivity contribution in [3.63, 3.8) is 0 Å². The molecular formula is C15H15BrN2O2. The summed E-state index contributed by atoms with van der Waals surface area (Å²) < 4.78 is 6.15. The van der Waals surface area contributed by atoms with Gasteiger partial charge in [-0.1, -0.05) is 6.92 Å². The van der Waals surface area contributed by atoms with Crippen LogP contribution in [0.15, 0.2) is 47.1 Å². The zero-order valence-electron chi connectivity index (χ0n) is 11.1. The van der Waals surface area contributed by atoms with E-state index in [0.29, 0.717) is 22.5 Å². The summed E-state index contributed by atoms with van der Waals surface area (Å²) >= 11 is 3.31. The Balaban J connectivity index is 2.03. The number of nitrogens with one attached hydrogen (secondary N) is 1. The fraction of sp³-hybridized carbons (Fsp3) is 0.200. The molecule has 0 spiro atoms. The SMILES string of the molecule is CCCOc1ccc(NC(=O)c2ncccc2Br)cc1. The van der Waals surface area contributed by atoms with Crippen molar-refractivity contribution in [1.29, 1.82) is 0 Å². The number of pyridine rings is 1. The molecule has 20 heavy (non-hydrogen) atoms. The molecule has 1 aromatic carbocycles. The molecule has 0 bridgehead atoms. The van der Waals surface area contributed by atoms with Crippen LogP contribution < -0.4 is 10.1 Å². The maximum Gasteiger partial charge on any atom is 0.275 e. The van der Waals surface area contributed by atoms with Gasteiger partial charge in [0.15, 0.2) is 0 Å². The number of rotatable bonds is 5. The van der Waals surface area contributed by atoms with Gasteiger partial charge in [-0.2, -0.15) is 0 Å². The van der Waals surface area contributed by atoms with Gasteiger partial charge in [0.2, 0.25) is 0 Å². The molecule has 0 saturated carbocycles. The number of aromatic nitrogens is 1. The van der Waals surface area contributed by atoms with E-state index in [0.717, 1.165) is 12.2 Å². The number of ether oxygens (including phenoxy) is 1.